The van der Waals surface area contributed by atoms with E-state index in [2.05, 4.69) is 39.0 Å². The van der Waals surface area contributed by atoms with Gasteiger partial charge in [0.05, 0.1) is 0 Å². The first kappa shape index (κ1) is 15.9. The van der Waals surface area contributed by atoms with Crippen molar-refractivity contribution >= 4 is 23.2 Å². The molecule has 18 heavy (non-hydrogen) atoms. The van der Waals surface area contributed by atoms with Crippen molar-refractivity contribution in [2.45, 2.75) is 51.9 Å². The summed E-state index contributed by atoms with van der Waals surface area (Å²) in [5, 5.41) is 0. The molecule has 0 bridgehead atoms. The van der Waals surface area contributed by atoms with Gasteiger partial charge in [0.2, 0.25) is 0 Å². The van der Waals surface area contributed by atoms with Crippen LogP contribution in [0.3, 0.4) is 0 Å². The number of hydrogen-bond donors (Lipinski definition) is 0. The summed E-state index contributed by atoms with van der Waals surface area (Å²) in [6, 6.07) is 6.97. The average Bonchev–Trinajstić information content (AvgIpc) is 2.32. The van der Waals surface area contributed by atoms with Gasteiger partial charge in [0.1, 0.15) is 0 Å². The van der Waals surface area contributed by atoms with Gasteiger partial charge in [-0.3, -0.25) is 0 Å². The average molecular weight is 287 g/mol. The van der Waals surface area contributed by atoms with Crippen LogP contribution >= 0.6 is 23.2 Å². The van der Waals surface area contributed by atoms with Gasteiger partial charge in [0.25, 0.3) is 0 Å². The van der Waals surface area contributed by atoms with Gasteiger partial charge in [0, 0.05) is 11.8 Å². The summed E-state index contributed by atoms with van der Waals surface area (Å²) in [5.41, 5.74) is 4.44. The van der Waals surface area contributed by atoms with Crippen molar-refractivity contribution < 1.29 is 0 Å². The third-order valence-corrected chi connectivity index (χ3v) is 3.65. The number of halogens is 2. The number of hydrogen-bond acceptors (Lipinski definition) is 0. The first-order valence-electron chi connectivity index (χ1n) is 6.72. The molecule has 0 nitrogen and oxygen atoms in total. The number of aryl methyl sites for hydroxylation is 2. The van der Waals surface area contributed by atoms with Gasteiger partial charge >= 0.3 is 0 Å². The van der Waals surface area contributed by atoms with E-state index in [0.717, 1.165) is 37.4 Å². The van der Waals surface area contributed by atoms with Crippen LogP contribution in [-0.4, -0.2) is 11.8 Å². The Morgan fingerprint density at radius 3 is 1.61 bits per heavy atom. The molecule has 0 spiro atoms. The zero-order valence-corrected chi connectivity index (χ0v) is 13.2. The van der Waals surface area contributed by atoms with E-state index in [4.69, 9.17) is 23.2 Å². The van der Waals surface area contributed by atoms with Crippen molar-refractivity contribution in [1.82, 2.24) is 0 Å². The summed E-state index contributed by atoms with van der Waals surface area (Å²) in [7, 11) is 0. The summed E-state index contributed by atoms with van der Waals surface area (Å²) < 4.78 is 0. The monoisotopic (exact) mass is 286 g/mol. The molecule has 0 aliphatic heterocycles. The Morgan fingerprint density at radius 2 is 1.28 bits per heavy atom. The van der Waals surface area contributed by atoms with Crippen LogP contribution in [0.25, 0.3) is 0 Å². The quantitative estimate of drug-likeness (QED) is 0.621. The highest BCUT2D eigenvalue weighted by atomic mass is 35.5. The second kappa shape index (κ2) is 7.40. The maximum Gasteiger partial charge on any atom is 0.0226 e. The second-order valence-electron chi connectivity index (χ2n) is 5.87. The molecule has 0 fully saturated rings. The molecular formula is C16H24Cl2. The second-order valence-corrected chi connectivity index (χ2v) is 6.63. The molecule has 0 saturated carbocycles. The van der Waals surface area contributed by atoms with E-state index in [-0.39, 0.29) is 5.41 Å². The molecular weight excluding hydrogens is 263 g/mol. The Morgan fingerprint density at radius 1 is 0.833 bits per heavy atom. The summed E-state index contributed by atoms with van der Waals surface area (Å²) in [6.07, 6.45) is 4.23. The highest BCUT2D eigenvalue weighted by Gasteiger charge is 2.15. The minimum absolute atomic E-state index is 0.201. The molecule has 0 unspecified atom stereocenters. The van der Waals surface area contributed by atoms with E-state index in [1.807, 2.05) is 0 Å². The molecule has 0 aliphatic rings. The molecule has 102 valence electrons. The van der Waals surface area contributed by atoms with Crippen LogP contribution in [0.4, 0.5) is 0 Å². The zero-order chi connectivity index (χ0) is 13.6. The Hall–Kier alpha value is -0.200. The number of benzene rings is 1. The fourth-order valence-electron chi connectivity index (χ4n) is 2.03. The van der Waals surface area contributed by atoms with Crippen LogP contribution in [-0.2, 0) is 18.3 Å². The summed E-state index contributed by atoms with van der Waals surface area (Å²) >= 11 is 11.6. The minimum Gasteiger partial charge on any atom is -0.127 e. The maximum atomic E-state index is 5.79. The normalized spacial score (nSPS) is 11.8. The Balaban J connectivity index is 2.96. The summed E-state index contributed by atoms with van der Waals surface area (Å²) in [5.74, 6) is 1.47. The lowest BCUT2D eigenvalue weighted by atomic mass is 9.84. The van der Waals surface area contributed by atoms with Gasteiger partial charge in [-0.1, -0.05) is 39.0 Å². The minimum atomic E-state index is 0.201. The molecule has 0 amide bonds. The predicted molar refractivity (Wildman–Crippen MR) is 83.2 cm³/mol. The van der Waals surface area contributed by atoms with E-state index in [1.165, 1.54) is 16.7 Å². The van der Waals surface area contributed by atoms with Crippen LogP contribution in [0.1, 0.15) is 50.3 Å². The highest BCUT2D eigenvalue weighted by molar-refractivity contribution is 6.18. The smallest absolute Gasteiger partial charge is 0.0226 e. The summed E-state index contributed by atoms with van der Waals surface area (Å²) in [4.78, 5) is 0. The molecule has 0 N–H and O–H groups in total. The van der Waals surface area contributed by atoms with Crippen molar-refractivity contribution in [2.24, 2.45) is 0 Å². The molecule has 0 radical (unpaired) electrons. The van der Waals surface area contributed by atoms with Crippen molar-refractivity contribution in [3.63, 3.8) is 0 Å². The topological polar surface area (TPSA) is 0 Å². The van der Waals surface area contributed by atoms with E-state index >= 15 is 0 Å². The van der Waals surface area contributed by atoms with Crippen LogP contribution in [0.15, 0.2) is 18.2 Å². The SMILES string of the molecule is CC(C)(C)c1cc(CCCCl)cc(CCCCl)c1. The molecule has 2 heteroatoms. The van der Waals surface area contributed by atoms with Crippen LogP contribution < -0.4 is 0 Å². The summed E-state index contributed by atoms with van der Waals surface area (Å²) in [6.45, 7) is 6.79. The van der Waals surface area contributed by atoms with Gasteiger partial charge < -0.3 is 0 Å². The molecule has 0 aromatic heterocycles. The van der Waals surface area contributed by atoms with Gasteiger partial charge in [-0.05, 0) is 47.8 Å². The lowest BCUT2D eigenvalue weighted by Crippen LogP contribution is -2.12. The van der Waals surface area contributed by atoms with Crippen LogP contribution in [0, 0.1) is 0 Å². The van der Waals surface area contributed by atoms with E-state index in [9.17, 15) is 0 Å². The number of rotatable bonds is 6. The molecule has 1 aromatic carbocycles. The van der Waals surface area contributed by atoms with Crippen molar-refractivity contribution in [2.75, 3.05) is 11.8 Å². The van der Waals surface area contributed by atoms with Crippen LogP contribution in [0.5, 0.6) is 0 Å². The number of alkyl halides is 2. The molecule has 0 atom stereocenters. The standard InChI is InChI=1S/C16H24Cl2/c1-16(2,3)15-11-13(6-4-8-17)10-14(12-15)7-5-9-18/h10-12H,4-9H2,1-3H3. The van der Waals surface area contributed by atoms with E-state index < -0.39 is 0 Å². The predicted octanol–water partition coefficient (Wildman–Crippen LogP) is 5.33. The van der Waals surface area contributed by atoms with Crippen LogP contribution in [0.2, 0.25) is 0 Å². The first-order valence-corrected chi connectivity index (χ1v) is 7.79. The van der Waals surface area contributed by atoms with Gasteiger partial charge in [-0.15, -0.1) is 23.2 Å². The van der Waals surface area contributed by atoms with Gasteiger partial charge in [-0.2, -0.15) is 0 Å². The fourth-order valence-corrected chi connectivity index (χ4v) is 2.29. The third kappa shape index (κ3) is 5.20. The van der Waals surface area contributed by atoms with E-state index in [0.29, 0.717) is 0 Å². The van der Waals surface area contributed by atoms with Crippen molar-refractivity contribution in [3.8, 4) is 0 Å². The lowest BCUT2D eigenvalue weighted by molar-refractivity contribution is 0.588. The third-order valence-electron chi connectivity index (χ3n) is 3.12. The Labute approximate surface area is 122 Å². The lowest BCUT2D eigenvalue weighted by Gasteiger charge is -2.21. The molecule has 0 heterocycles. The van der Waals surface area contributed by atoms with E-state index in [1.54, 1.807) is 0 Å². The molecule has 0 saturated heterocycles. The molecule has 1 aromatic rings. The molecule has 1 rings (SSSR count). The fraction of sp³-hybridized carbons (Fsp3) is 0.625. The van der Waals surface area contributed by atoms with Crippen molar-refractivity contribution in [1.29, 1.82) is 0 Å². The highest BCUT2D eigenvalue weighted by Crippen LogP contribution is 2.25. The maximum absolute atomic E-state index is 5.79. The Kier molecular flexibility index (Phi) is 6.52. The van der Waals surface area contributed by atoms with Gasteiger partial charge in [0.15, 0.2) is 0 Å². The largest absolute Gasteiger partial charge is 0.127 e. The van der Waals surface area contributed by atoms with Gasteiger partial charge in [-0.25, -0.2) is 0 Å². The zero-order valence-electron chi connectivity index (χ0n) is 11.7. The Bertz CT molecular complexity index is 338. The molecule has 0 aliphatic carbocycles. The first-order chi connectivity index (χ1) is 8.47. The van der Waals surface area contributed by atoms with Crippen molar-refractivity contribution in [3.05, 3.63) is 34.9 Å².